The van der Waals surface area contributed by atoms with Gasteiger partial charge in [-0.2, -0.15) is 0 Å². The van der Waals surface area contributed by atoms with E-state index in [9.17, 15) is 14.7 Å². The molecule has 3 rings (SSSR count). The van der Waals surface area contributed by atoms with Gasteiger partial charge in [-0.15, -0.1) is 11.6 Å². The molecule has 0 aliphatic heterocycles. The average Bonchev–Trinajstić information content (AvgIpc) is 2.63. The van der Waals surface area contributed by atoms with Gasteiger partial charge in [-0.1, -0.05) is 71.2 Å². The summed E-state index contributed by atoms with van der Waals surface area (Å²) in [5, 5.41) is 13.3. The zero-order valence-electron chi connectivity index (χ0n) is 13.0. The summed E-state index contributed by atoms with van der Waals surface area (Å²) in [5.74, 6) is -3.65. The van der Waals surface area contributed by atoms with E-state index in [1.807, 2.05) is 30.3 Å². The summed E-state index contributed by atoms with van der Waals surface area (Å²) in [6, 6.07) is 12.7. The van der Waals surface area contributed by atoms with E-state index in [0.29, 0.717) is 5.69 Å². The van der Waals surface area contributed by atoms with E-state index in [1.165, 1.54) is 0 Å². The number of fused-ring (bicyclic) bond motifs is 1. The highest BCUT2D eigenvalue weighted by atomic mass is 35.5. The van der Waals surface area contributed by atoms with Crippen molar-refractivity contribution in [1.29, 1.82) is 0 Å². The van der Waals surface area contributed by atoms with Gasteiger partial charge in [-0.05, 0) is 17.5 Å². The molecule has 2 atom stereocenters. The van der Waals surface area contributed by atoms with Crippen LogP contribution in [-0.2, 0) is 9.59 Å². The first-order chi connectivity index (χ1) is 12.3. The Hall–Kier alpha value is -1.72. The van der Waals surface area contributed by atoms with Crippen molar-refractivity contribution < 1.29 is 14.7 Å². The number of anilines is 1. The van der Waals surface area contributed by atoms with Gasteiger partial charge < -0.3 is 10.4 Å². The summed E-state index contributed by atoms with van der Waals surface area (Å²) in [4.78, 5) is 22.5. The molecule has 0 saturated heterocycles. The minimum absolute atomic E-state index is 0.0710. The summed E-state index contributed by atoms with van der Waals surface area (Å²) in [6.07, 6.45) is 1.10. The largest absolute Gasteiger partial charge is 0.481 e. The van der Waals surface area contributed by atoms with Crippen LogP contribution in [0, 0.1) is 5.92 Å². The fourth-order valence-corrected chi connectivity index (χ4v) is 3.90. The van der Waals surface area contributed by atoms with Crippen molar-refractivity contribution in [3.8, 4) is 0 Å². The molecule has 0 fully saturated rings. The quantitative estimate of drug-likeness (QED) is 0.650. The summed E-state index contributed by atoms with van der Waals surface area (Å²) in [6.45, 7) is 0. The lowest BCUT2D eigenvalue weighted by atomic mass is 9.86. The lowest BCUT2D eigenvalue weighted by molar-refractivity contribution is -0.142. The van der Waals surface area contributed by atoms with Crippen LogP contribution in [0.3, 0.4) is 0 Å². The van der Waals surface area contributed by atoms with E-state index in [1.54, 1.807) is 12.1 Å². The zero-order chi connectivity index (χ0) is 19.1. The van der Waals surface area contributed by atoms with Gasteiger partial charge in [-0.3, -0.25) is 9.59 Å². The molecule has 26 heavy (non-hydrogen) atoms. The number of halogens is 4. The van der Waals surface area contributed by atoms with E-state index in [2.05, 4.69) is 5.32 Å². The van der Waals surface area contributed by atoms with Gasteiger partial charge >= 0.3 is 5.97 Å². The number of aliphatic carboxylic acids is 1. The third kappa shape index (κ3) is 3.08. The van der Waals surface area contributed by atoms with Crippen molar-refractivity contribution in [3.05, 3.63) is 63.6 Å². The number of carboxylic acid groups (broad SMARTS) is 1. The van der Waals surface area contributed by atoms with Crippen molar-refractivity contribution >= 4 is 74.7 Å². The minimum Gasteiger partial charge on any atom is -0.481 e. The Morgan fingerprint density at radius 1 is 1.04 bits per heavy atom. The molecule has 2 N–H and O–H groups in total. The van der Waals surface area contributed by atoms with Crippen LogP contribution in [0.1, 0.15) is 0 Å². The fraction of sp³-hybridized carbons (Fsp3) is 0.111. The van der Waals surface area contributed by atoms with E-state index in [-0.39, 0.29) is 15.1 Å². The number of carbonyl (C=O) groups excluding carboxylic acids is 1. The maximum atomic E-state index is 13.0. The van der Waals surface area contributed by atoms with Crippen molar-refractivity contribution in [1.82, 2.24) is 0 Å². The van der Waals surface area contributed by atoms with E-state index >= 15 is 0 Å². The molecule has 2 aromatic carbocycles. The summed E-state index contributed by atoms with van der Waals surface area (Å²) >= 11 is 24.5. The van der Waals surface area contributed by atoms with Gasteiger partial charge in [0.2, 0.25) is 0 Å². The van der Waals surface area contributed by atoms with Gasteiger partial charge in [0.25, 0.3) is 5.91 Å². The fourth-order valence-electron chi connectivity index (χ4n) is 2.77. The Balaban J connectivity index is 2.06. The Morgan fingerprint density at radius 3 is 2.38 bits per heavy atom. The molecule has 4 nitrogen and oxygen atoms in total. The molecule has 1 aliphatic rings. The van der Waals surface area contributed by atoms with Gasteiger partial charge in [0.05, 0.1) is 15.1 Å². The van der Waals surface area contributed by atoms with Gasteiger partial charge in [0.1, 0.15) is 5.92 Å². The molecular formula is C18H11Cl4NO3. The number of carbonyl (C=O) groups is 2. The highest BCUT2D eigenvalue weighted by Crippen LogP contribution is 2.47. The SMILES string of the molecule is O=C(O)C1C=C(Cl)C(Cl)=C(Cl)C1(Cl)C(=O)Nc1cccc2ccccc12. The van der Waals surface area contributed by atoms with E-state index < -0.39 is 22.7 Å². The van der Waals surface area contributed by atoms with Gasteiger partial charge in [-0.25, -0.2) is 0 Å². The molecule has 0 aromatic heterocycles. The van der Waals surface area contributed by atoms with E-state index in [0.717, 1.165) is 16.8 Å². The topological polar surface area (TPSA) is 66.4 Å². The van der Waals surface area contributed by atoms with Crippen LogP contribution in [0.15, 0.2) is 63.6 Å². The molecule has 1 amide bonds. The predicted molar refractivity (Wildman–Crippen MR) is 105 cm³/mol. The number of nitrogens with one attached hydrogen (secondary N) is 1. The number of hydrogen-bond donors (Lipinski definition) is 2. The molecule has 0 heterocycles. The van der Waals surface area contributed by atoms with Crippen molar-refractivity contribution in [2.75, 3.05) is 5.32 Å². The number of carboxylic acids is 1. The van der Waals surface area contributed by atoms with Crippen LogP contribution in [0.5, 0.6) is 0 Å². The third-order valence-electron chi connectivity index (χ3n) is 4.10. The molecule has 1 aliphatic carbocycles. The maximum Gasteiger partial charge on any atom is 0.313 e. The second-order valence-corrected chi connectivity index (χ2v) is 7.41. The molecule has 8 heteroatoms. The Morgan fingerprint density at radius 2 is 1.69 bits per heavy atom. The van der Waals surface area contributed by atoms with Crippen molar-refractivity contribution in [2.45, 2.75) is 4.87 Å². The summed E-state index contributed by atoms with van der Waals surface area (Å²) in [5.41, 5.74) is 0.471. The standard InChI is InChI=1S/C18H11Cl4NO3/c19-12-8-11(16(24)25)18(22,15(21)14(12)20)17(26)23-13-7-3-5-9-4-1-2-6-10(9)13/h1-8,11H,(H,23,26)(H,24,25). The predicted octanol–water partition coefficient (Wildman–Crippen LogP) is 5.28. The molecular weight excluding hydrogens is 420 g/mol. The summed E-state index contributed by atoms with van der Waals surface area (Å²) in [7, 11) is 0. The molecule has 134 valence electrons. The molecule has 0 spiro atoms. The normalized spacial score (nSPS) is 22.9. The smallest absolute Gasteiger partial charge is 0.313 e. The second-order valence-electron chi connectivity index (χ2n) is 5.65. The first-order valence-electron chi connectivity index (χ1n) is 7.41. The lowest BCUT2D eigenvalue weighted by Crippen LogP contribution is -2.49. The van der Waals surface area contributed by atoms with Crippen molar-refractivity contribution in [3.63, 3.8) is 0 Å². The number of allylic oxidation sites excluding steroid dienone is 2. The molecule has 0 radical (unpaired) electrons. The monoisotopic (exact) mass is 429 g/mol. The Labute approximate surface area is 169 Å². The Kier molecular flexibility index (Phi) is 5.22. The van der Waals surface area contributed by atoms with E-state index in [4.69, 9.17) is 46.4 Å². The lowest BCUT2D eigenvalue weighted by Gasteiger charge is -2.33. The number of benzene rings is 2. The number of hydrogen-bond acceptors (Lipinski definition) is 2. The molecule has 0 bridgehead atoms. The molecule has 0 saturated carbocycles. The van der Waals surface area contributed by atoms with Gasteiger partial charge in [0, 0.05) is 11.1 Å². The number of alkyl halides is 1. The van der Waals surface area contributed by atoms with Gasteiger partial charge in [0.15, 0.2) is 4.87 Å². The first kappa shape index (κ1) is 19.1. The van der Waals surface area contributed by atoms with Crippen LogP contribution < -0.4 is 5.32 Å². The minimum atomic E-state index is -2.13. The van der Waals surface area contributed by atoms with Crippen LogP contribution in [0.25, 0.3) is 10.8 Å². The third-order valence-corrected chi connectivity index (χ3v) is 6.18. The van der Waals surface area contributed by atoms with Crippen LogP contribution in [0.2, 0.25) is 0 Å². The van der Waals surface area contributed by atoms with Crippen molar-refractivity contribution in [2.24, 2.45) is 5.92 Å². The van der Waals surface area contributed by atoms with Crippen LogP contribution in [0.4, 0.5) is 5.69 Å². The highest BCUT2D eigenvalue weighted by Gasteiger charge is 2.53. The summed E-state index contributed by atoms with van der Waals surface area (Å²) < 4.78 is 0. The number of rotatable bonds is 3. The maximum absolute atomic E-state index is 13.0. The van der Waals surface area contributed by atoms with Crippen LogP contribution >= 0.6 is 46.4 Å². The zero-order valence-corrected chi connectivity index (χ0v) is 16.0. The highest BCUT2D eigenvalue weighted by molar-refractivity contribution is 6.55. The number of amides is 1. The molecule has 2 aromatic rings. The average molecular weight is 431 g/mol. The molecule has 2 unspecified atom stereocenters. The second kappa shape index (κ2) is 7.12. The first-order valence-corrected chi connectivity index (χ1v) is 8.92. The van der Waals surface area contributed by atoms with Crippen LogP contribution in [-0.4, -0.2) is 21.9 Å². The Bertz CT molecular complexity index is 980.